The number of hydrogen-bond donors (Lipinski definition) is 1. The maximum atomic E-state index is 9.12. The molecule has 1 spiro atoms. The van der Waals surface area contributed by atoms with Gasteiger partial charge in [-0.25, -0.2) is 0 Å². The zero-order valence-electron chi connectivity index (χ0n) is 13.5. The fourth-order valence-electron chi connectivity index (χ4n) is 4.55. The molecule has 2 saturated heterocycles. The standard InChI is InChI=1S/C18H25BrN2O2/c19-14-1-2-17-16(11-14)18(5-10-23-13-18)12-21(17)15-3-6-20(7-4-15)8-9-22/h1-2,11,15,22H,3-10,12-13H2. The molecule has 3 aliphatic rings. The van der Waals surface area contributed by atoms with Gasteiger partial charge in [-0.3, -0.25) is 0 Å². The lowest BCUT2D eigenvalue weighted by atomic mass is 9.82. The van der Waals surface area contributed by atoms with Crippen LogP contribution in [0.4, 0.5) is 5.69 Å². The molecule has 1 unspecified atom stereocenters. The number of aliphatic hydroxyl groups excluding tert-OH is 1. The Labute approximate surface area is 146 Å². The van der Waals surface area contributed by atoms with Gasteiger partial charge in [0.05, 0.1) is 13.2 Å². The molecule has 4 nitrogen and oxygen atoms in total. The third kappa shape index (κ3) is 2.82. The van der Waals surface area contributed by atoms with E-state index >= 15 is 0 Å². The van der Waals surface area contributed by atoms with Gasteiger partial charge in [0.2, 0.25) is 0 Å². The smallest absolute Gasteiger partial charge is 0.0581 e. The summed E-state index contributed by atoms with van der Waals surface area (Å²) in [4.78, 5) is 5.02. The van der Waals surface area contributed by atoms with E-state index in [-0.39, 0.29) is 12.0 Å². The van der Waals surface area contributed by atoms with Crippen LogP contribution in [0.25, 0.3) is 0 Å². The SMILES string of the molecule is OCCN1CCC(N2CC3(CCOC3)c3cc(Br)ccc32)CC1. The van der Waals surface area contributed by atoms with Crippen molar-refractivity contribution in [3.05, 3.63) is 28.2 Å². The van der Waals surface area contributed by atoms with Crippen LogP contribution in [0, 0.1) is 0 Å². The molecule has 1 atom stereocenters. The number of halogens is 1. The molecule has 0 saturated carbocycles. The molecule has 2 fully saturated rings. The second kappa shape index (κ2) is 6.36. The molecule has 4 rings (SSSR count). The number of anilines is 1. The first-order valence-corrected chi connectivity index (χ1v) is 9.49. The Bertz CT molecular complexity index is 566. The molecule has 0 aliphatic carbocycles. The van der Waals surface area contributed by atoms with E-state index in [1.54, 1.807) is 0 Å². The maximum absolute atomic E-state index is 9.12. The summed E-state index contributed by atoms with van der Waals surface area (Å²) in [5, 5.41) is 9.12. The number of benzene rings is 1. The Balaban J connectivity index is 1.57. The lowest BCUT2D eigenvalue weighted by Gasteiger charge is -2.38. The van der Waals surface area contributed by atoms with E-state index in [0.29, 0.717) is 6.04 Å². The van der Waals surface area contributed by atoms with Crippen molar-refractivity contribution < 1.29 is 9.84 Å². The second-order valence-electron chi connectivity index (χ2n) is 7.17. The highest BCUT2D eigenvalue weighted by atomic mass is 79.9. The van der Waals surface area contributed by atoms with Crippen molar-refractivity contribution in [2.45, 2.75) is 30.7 Å². The molecule has 0 bridgehead atoms. The Hall–Kier alpha value is -0.620. The average Bonchev–Trinajstić information content (AvgIpc) is 3.15. The molecular weight excluding hydrogens is 356 g/mol. The number of nitrogens with zero attached hydrogens (tertiary/aromatic N) is 2. The first kappa shape index (κ1) is 15.9. The Morgan fingerprint density at radius 1 is 1.30 bits per heavy atom. The van der Waals surface area contributed by atoms with Crippen LogP contribution < -0.4 is 4.90 Å². The van der Waals surface area contributed by atoms with Crippen LogP contribution >= 0.6 is 15.9 Å². The third-order valence-electron chi connectivity index (χ3n) is 5.83. The minimum atomic E-state index is 0.196. The summed E-state index contributed by atoms with van der Waals surface area (Å²) in [6.45, 7) is 6.11. The molecule has 0 amide bonds. The maximum Gasteiger partial charge on any atom is 0.0581 e. The minimum absolute atomic E-state index is 0.196. The van der Waals surface area contributed by atoms with Crippen molar-refractivity contribution in [2.75, 3.05) is 50.9 Å². The van der Waals surface area contributed by atoms with Gasteiger partial charge < -0.3 is 19.6 Å². The van der Waals surface area contributed by atoms with Crippen LogP contribution in [-0.4, -0.2) is 62.0 Å². The monoisotopic (exact) mass is 380 g/mol. The van der Waals surface area contributed by atoms with Crippen molar-refractivity contribution in [3.63, 3.8) is 0 Å². The number of β-amino-alcohol motifs (C(OH)–C–C–N with tert-alkyl or cyclic N) is 1. The number of aliphatic hydroxyl groups is 1. The van der Waals surface area contributed by atoms with E-state index in [1.165, 1.54) is 28.6 Å². The average molecular weight is 381 g/mol. The molecular formula is C18H25BrN2O2. The summed E-state index contributed by atoms with van der Waals surface area (Å²) in [6, 6.07) is 7.38. The van der Waals surface area contributed by atoms with Crippen LogP contribution in [0.2, 0.25) is 0 Å². The van der Waals surface area contributed by atoms with Crippen molar-refractivity contribution >= 4 is 21.6 Å². The fourth-order valence-corrected chi connectivity index (χ4v) is 4.91. The summed E-state index contributed by atoms with van der Waals surface area (Å²) in [6.07, 6.45) is 3.51. The van der Waals surface area contributed by atoms with Crippen LogP contribution in [-0.2, 0) is 10.2 Å². The molecule has 3 heterocycles. The highest BCUT2D eigenvalue weighted by Gasteiger charge is 2.47. The minimum Gasteiger partial charge on any atom is -0.395 e. The first-order chi connectivity index (χ1) is 11.2. The van der Waals surface area contributed by atoms with Gasteiger partial charge in [-0.1, -0.05) is 15.9 Å². The zero-order chi connectivity index (χ0) is 15.9. The van der Waals surface area contributed by atoms with Gasteiger partial charge in [0.25, 0.3) is 0 Å². The molecule has 1 aromatic rings. The topological polar surface area (TPSA) is 35.9 Å². The van der Waals surface area contributed by atoms with E-state index in [9.17, 15) is 0 Å². The molecule has 1 N–H and O–H groups in total. The van der Waals surface area contributed by atoms with Crippen molar-refractivity contribution in [2.24, 2.45) is 0 Å². The predicted octanol–water partition coefficient (Wildman–Crippen LogP) is 2.38. The molecule has 0 aromatic heterocycles. The summed E-state index contributed by atoms with van der Waals surface area (Å²) >= 11 is 3.65. The van der Waals surface area contributed by atoms with Crippen molar-refractivity contribution in [3.8, 4) is 0 Å². The van der Waals surface area contributed by atoms with Crippen molar-refractivity contribution in [1.82, 2.24) is 4.90 Å². The second-order valence-corrected chi connectivity index (χ2v) is 8.08. The Morgan fingerprint density at radius 2 is 2.13 bits per heavy atom. The van der Waals surface area contributed by atoms with E-state index in [2.05, 4.69) is 43.9 Å². The van der Waals surface area contributed by atoms with Gasteiger partial charge in [-0.15, -0.1) is 0 Å². The molecule has 5 heteroatoms. The number of rotatable bonds is 3. The summed E-state index contributed by atoms with van der Waals surface area (Å²) in [5.41, 5.74) is 3.09. The number of ether oxygens (including phenoxy) is 1. The number of fused-ring (bicyclic) bond motifs is 2. The Kier molecular flexibility index (Phi) is 4.39. The zero-order valence-corrected chi connectivity index (χ0v) is 15.1. The highest BCUT2D eigenvalue weighted by Crippen LogP contribution is 2.48. The van der Waals surface area contributed by atoms with Gasteiger partial charge in [-0.2, -0.15) is 0 Å². The first-order valence-electron chi connectivity index (χ1n) is 8.69. The normalized spacial score (nSPS) is 28.7. The molecule has 3 aliphatic heterocycles. The van der Waals surface area contributed by atoms with E-state index < -0.39 is 0 Å². The quantitative estimate of drug-likeness (QED) is 0.872. The molecule has 1 aromatic carbocycles. The van der Waals surface area contributed by atoms with Crippen LogP contribution in [0.1, 0.15) is 24.8 Å². The number of hydrogen-bond acceptors (Lipinski definition) is 4. The van der Waals surface area contributed by atoms with Crippen molar-refractivity contribution in [1.29, 1.82) is 0 Å². The summed E-state index contributed by atoms with van der Waals surface area (Å²) in [7, 11) is 0. The van der Waals surface area contributed by atoms with Gasteiger partial charge in [0.1, 0.15) is 0 Å². The summed E-state index contributed by atoms with van der Waals surface area (Å²) < 4.78 is 6.95. The van der Waals surface area contributed by atoms with Gasteiger partial charge in [0, 0.05) is 54.4 Å². The number of likely N-dealkylation sites (tertiary alicyclic amines) is 1. The predicted molar refractivity (Wildman–Crippen MR) is 95.1 cm³/mol. The highest BCUT2D eigenvalue weighted by molar-refractivity contribution is 9.10. The molecule has 0 radical (unpaired) electrons. The third-order valence-corrected chi connectivity index (χ3v) is 6.32. The summed E-state index contributed by atoms with van der Waals surface area (Å²) in [5.74, 6) is 0. The van der Waals surface area contributed by atoms with Gasteiger partial charge in [-0.05, 0) is 43.0 Å². The van der Waals surface area contributed by atoms with E-state index in [1.807, 2.05) is 0 Å². The Morgan fingerprint density at radius 3 is 2.83 bits per heavy atom. The van der Waals surface area contributed by atoms with Crippen LogP contribution in [0.3, 0.4) is 0 Å². The number of piperidine rings is 1. The van der Waals surface area contributed by atoms with Gasteiger partial charge in [0.15, 0.2) is 0 Å². The van der Waals surface area contributed by atoms with E-state index in [0.717, 1.165) is 45.8 Å². The lowest BCUT2D eigenvalue weighted by molar-refractivity contribution is 0.160. The van der Waals surface area contributed by atoms with Crippen LogP contribution in [0.5, 0.6) is 0 Å². The molecule has 23 heavy (non-hydrogen) atoms. The molecule has 126 valence electrons. The fraction of sp³-hybridized carbons (Fsp3) is 0.667. The van der Waals surface area contributed by atoms with E-state index in [4.69, 9.17) is 9.84 Å². The lowest BCUT2D eigenvalue weighted by Crippen LogP contribution is -2.47. The van der Waals surface area contributed by atoms with Crippen LogP contribution in [0.15, 0.2) is 22.7 Å². The largest absolute Gasteiger partial charge is 0.395 e. The van der Waals surface area contributed by atoms with Gasteiger partial charge >= 0.3 is 0 Å².